The monoisotopic (exact) mass is 261 g/mol. The Hall–Kier alpha value is -2.04. The minimum Gasteiger partial charge on any atom is -0.369 e. The summed E-state index contributed by atoms with van der Waals surface area (Å²) >= 11 is 0. The Balaban J connectivity index is 2.78. The number of nitrogens with zero attached hydrogens (tertiary/aromatic N) is 2. The maximum atomic E-state index is 5.88. The fraction of sp³-hybridized carbons (Fsp3) is 0.429. The molecule has 0 radical (unpaired) electrons. The fourth-order valence-corrected chi connectivity index (χ4v) is 1.41. The lowest BCUT2D eigenvalue weighted by Crippen LogP contribution is -2.33. The standard InChI is InChI=1S/C14H23N5/c1-10(2)16-14(17-11(3)4)19-13(15)18-12-8-6-5-7-9-12/h5-11H,1-4H3,(H4,15,16,17,18,19). The third-order valence-electron chi connectivity index (χ3n) is 2.07. The second kappa shape index (κ2) is 7.41. The number of guanidine groups is 2. The van der Waals surface area contributed by atoms with Crippen molar-refractivity contribution in [1.82, 2.24) is 5.32 Å². The van der Waals surface area contributed by atoms with Crippen molar-refractivity contribution in [2.24, 2.45) is 15.7 Å². The summed E-state index contributed by atoms with van der Waals surface area (Å²) in [6.07, 6.45) is 0. The van der Waals surface area contributed by atoms with Crippen molar-refractivity contribution in [3.63, 3.8) is 0 Å². The summed E-state index contributed by atoms with van der Waals surface area (Å²) < 4.78 is 0. The molecule has 0 saturated heterocycles. The maximum Gasteiger partial charge on any atom is 0.221 e. The van der Waals surface area contributed by atoms with E-state index in [1.807, 2.05) is 58.0 Å². The number of para-hydroxylation sites is 1. The molecule has 0 amide bonds. The van der Waals surface area contributed by atoms with Gasteiger partial charge in [0.1, 0.15) is 0 Å². The van der Waals surface area contributed by atoms with Crippen LogP contribution in [-0.2, 0) is 0 Å². The van der Waals surface area contributed by atoms with E-state index in [2.05, 4.69) is 20.6 Å². The topological polar surface area (TPSA) is 74.8 Å². The van der Waals surface area contributed by atoms with E-state index in [1.54, 1.807) is 0 Å². The van der Waals surface area contributed by atoms with Crippen molar-refractivity contribution in [2.45, 2.75) is 39.8 Å². The molecule has 0 aromatic heterocycles. The van der Waals surface area contributed by atoms with Crippen LogP contribution in [0.4, 0.5) is 5.69 Å². The van der Waals surface area contributed by atoms with Gasteiger partial charge in [0.25, 0.3) is 0 Å². The normalized spacial score (nSPS) is 12.9. The molecule has 0 aliphatic rings. The van der Waals surface area contributed by atoms with Crippen LogP contribution in [0.1, 0.15) is 27.7 Å². The molecule has 1 aromatic carbocycles. The second-order valence-corrected chi connectivity index (χ2v) is 4.83. The summed E-state index contributed by atoms with van der Waals surface area (Å²) in [6.45, 7) is 8.06. The zero-order chi connectivity index (χ0) is 14.3. The number of nitrogens with two attached hydrogens (primary N) is 1. The number of hydrogen-bond acceptors (Lipinski definition) is 1. The Kier molecular flexibility index (Phi) is 5.85. The van der Waals surface area contributed by atoms with E-state index in [9.17, 15) is 0 Å². The van der Waals surface area contributed by atoms with Crippen LogP contribution < -0.4 is 16.4 Å². The highest BCUT2D eigenvalue weighted by Crippen LogP contribution is 2.03. The SMILES string of the molecule is CC(C)N=C(/N=C(\N)Nc1ccccc1)NC(C)C. The number of benzene rings is 1. The average Bonchev–Trinajstić information content (AvgIpc) is 2.27. The molecular weight excluding hydrogens is 238 g/mol. The van der Waals surface area contributed by atoms with Crippen LogP contribution in [0.5, 0.6) is 0 Å². The highest BCUT2D eigenvalue weighted by atomic mass is 15.2. The van der Waals surface area contributed by atoms with E-state index in [1.165, 1.54) is 0 Å². The van der Waals surface area contributed by atoms with E-state index in [4.69, 9.17) is 5.73 Å². The van der Waals surface area contributed by atoms with Crippen LogP contribution >= 0.6 is 0 Å². The van der Waals surface area contributed by atoms with Gasteiger partial charge < -0.3 is 16.4 Å². The molecule has 104 valence electrons. The van der Waals surface area contributed by atoms with Gasteiger partial charge in [-0.1, -0.05) is 18.2 Å². The van der Waals surface area contributed by atoms with E-state index in [0.717, 1.165) is 5.69 Å². The molecular formula is C14H23N5. The van der Waals surface area contributed by atoms with E-state index in [-0.39, 0.29) is 12.1 Å². The molecule has 5 nitrogen and oxygen atoms in total. The summed E-state index contributed by atoms with van der Waals surface area (Å²) in [7, 11) is 0. The molecule has 0 fully saturated rings. The van der Waals surface area contributed by atoms with Crippen LogP contribution in [0.3, 0.4) is 0 Å². The van der Waals surface area contributed by atoms with Gasteiger partial charge in [0.15, 0.2) is 0 Å². The zero-order valence-electron chi connectivity index (χ0n) is 12.0. The third-order valence-corrected chi connectivity index (χ3v) is 2.07. The van der Waals surface area contributed by atoms with Gasteiger partial charge in [-0.25, -0.2) is 4.99 Å². The summed E-state index contributed by atoms with van der Waals surface area (Å²) in [4.78, 5) is 8.67. The van der Waals surface area contributed by atoms with Crippen LogP contribution in [0.25, 0.3) is 0 Å². The Labute approximate surface area is 115 Å². The zero-order valence-corrected chi connectivity index (χ0v) is 12.0. The molecule has 19 heavy (non-hydrogen) atoms. The quantitative estimate of drug-likeness (QED) is 0.576. The number of nitrogens with one attached hydrogen (secondary N) is 2. The molecule has 0 atom stereocenters. The predicted octanol–water partition coefficient (Wildman–Crippen LogP) is 2.18. The van der Waals surface area contributed by atoms with Crippen molar-refractivity contribution in [3.8, 4) is 0 Å². The molecule has 1 rings (SSSR count). The summed E-state index contributed by atoms with van der Waals surface area (Å²) in [5, 5.41) is 6.20. The van der Waals surface area contributed by atoms with Crippen LogP contribution in [-0.4, -0.2) is 24.0 Å². The van der Waals surface area contributed by atoms with Crippen molar-refractivity contribution >= 4 is 17.6 Å². The third kappa shape index (κ3) is 6.45. The molecule has 5 heteroatoms. The lowest BCUT2D eigenvalue weighted by Gasteiger charge is -2.12. The molecule has 0 bridgehead atoms. The van der Waals surface area contributed by atoms with Gasteiger partial charge in [-0.15, -0.1) is 0 Å². The van der Waals surface area contributed by atoms with Gasteiger partial charge in [0, 0.05) is 17.8 Å². The number of hydrogen-bond donors (Lipinski definition) is 3. The molecule has 0 unspecified atom stereocenters. The molecule has 0 aliphatic heterocycles. The number of rotatable bonds is 3. The predicted molar refractivity (Wildman–Crippen MR) is 82.5 cm³/mol. The first-order valence-electron chi connectivity index (χ1n) is 6.48. The highest BCUT2D eigenvalue weighted by Gasteiger charge is 2.03. The Bertz CT molecular complexity index is 434. The largest absolute Gasteiger partial charge is 0.369 e. The Morgan fingerprint density at radius 1 is 1.11 bits per heavy atom. The first-order chi connectivity index (χ1) is 8.97. The van der Waals surface area contributed by atoms with Crippen LogP contribution in [0.2, 0.25) is 0 Å². The summed E-state index contributed by atoms with van der Waals surface area (Å²) in [5.41, 5.74) is 6.78. The van der Waals surface area contributed by atoms with Crippen LogP contribution in [0.15, 0.2) is 40.3 Å². The molecule has 0 aliphatic carbocycles. The molecule has 4 N–H and O–H groups in total. The molecule has 0 spiro atoms. The van der Waals surface area contributed by atoms with Gasteiger partial charge in [0.05, 0.1) is 0 Å². The van der Waals surface area contributed by atoms with Crippen molar-refractivity contribution < 1.29 is 0 Å². The smallest absolute Gasteiger partial charge is 0.221 e. The van der Waals surface area contributed by atoms with Crippen molar-refractivity contribution in [2.75, 3.05) is 5.32 Å². The minimum atomic E-state index is 0.162. The minimum absolute atomic E-state index is 0.162. The Morgan fingerprint density at radius 2 is 1.74 bits per heavy atom. The fourth-order valence-electron chi connectivity index (χ4n) is 1.41. The highest BCUT2D eigenvalue weighted by molar-refractivity contribution is 6.01. The summed E-state index contributed by atoms with van der Waals surface area (Å²) in [6, 6.07) is 10.1. The van der Waals surface area contributed by atoms with Gasteiger partial charge in [0.2, 0.25) is 11.9 Å². The lowest BCUT2D eigenvalue weighted by molar-refractivity contribution is 0.713. The molecule has 0 heterocycles. The van der Waals surface area contributed by atoms with Crippen molar-refractivity contribution in [1.29, 1.82) is 0 Å². The van der Waals surface area contributed by atoms with E-state index in [0.29, 0.717) is 11.9 Å². The van der Waals surface area contributed by atoms with E-state index >= 15 is 0 Å². The van der Waals surface area contributed by atoms with Crippen LogP contribution in [0, 0.1) is 0 Å². The first kappa shape index (κ1) is 15.0. The van der Waals surface area contributed by atoms with Gasteiger partial charge in [-0.2, -0.15) is 4.99 Å². The summed E-state index contributed by atoms with van der Waals surface area (Å²) in [5.74, 6) is 0.865. The lowest BCUT2D eigenvalue weighted by atomic mass is 10.3. The van der Waals surface area contributed by atoms with Crippen molar-refractivity contribution in [3.05, 3.63) is 30.3 Å². The first-order valence-corrected chi connectivity index (χ1v) is 6.48. The maximum absolute atomic E-state index is 5.88. The van der Waals surface area contributed by atoms with Gasteiger partial charge >= 0.3 is 0 Å². The van der Waals surface area contributed by atoms with Gasteiger partial charge in [-0.3, -0.25) is 0 Å². The Morgan fingerprint density at radius 3 is 2.26 bits per heavy atom. The number of aliphatic imine (C=N–C) groups is 2. The molecule has 0 saturated carbocycles. The average molecular weight is 261 g/mol. The number of anilines is 1. The van der Waals surface area contributed by atoms with E-state index < -0.39 is 0 Å². The second-order valence-electron chi connectivity index (χ2n) is 4.83. The molecule has 1 aromatic rings. The van der Waals surface area contributed by atoms with Gasteiger partial charge in [-0.05, 0) is 39.8 Å².